The third kappa shape index (κ3) is 1.81. The molecule has 0 spiro atoms. The molecule has 2 N–H and O–H groups in total. The first-order valence-corrected chi connectivity index (χ1v) is 8.09. The monoisotopic (exact) mass is 300 g/mol. The van der Waals surface area contributed by atoms with Crippen LogP contribution in [0.25, 0.3) is 10.9 Å². The summed E-state index contributed by atoms with van der Waals surface area (Å²) in [6, 6.07) is 4.83. The van der Waals surface area contributed by atoms with Crippen molar-refractivity contribution in [1.29, 1.82) is 0 Å². The smallest absolute Gasteiger partial charge is 0.0717 e. The van der Waals surface area contributed by atoms with Crippen molar-refractivity contribution in [3.05, 3.63) is 35.0 Å². The summed E-state index contributed by atoms with van der Waals surface area (Å²) in [5.41, 5.74) is 5.38. The van der Waals surface area contributed by atoms with Crippen LogP contribution in [0.2, 0.25) is 0 Å². The van der Waals surface area contributed by atoms with Crippen molar-refractivity contribution < 1.29 is 9.84 Å². The number of nitrogens with zero attached hydrogens (tertiary/aromatic N) is 1. The zero-order chi connectivity index (χ0) is 15.4. The number of fused-ring (bicyclic) bond motifs is 2. The Morgan fingerprint density at radius 1 is 1.41 bits per heavy atom. The summed E-state index contributed by atoms with van der Waals surface area (Å²) in [5.74, 6) is 0.499. The van der Waals surface area contributed by atoms with Crippen molar-refractivity contribution in [2.45, 2.75) is 31.4 Å². The summed E-state index contributed by atoms with van der Waals surface area (Å²) >= 11 is 0. The lowest BCUT2D eigenvalue weighted by molar-refractivity contribution is -0.0605. The quantitative estimate of drug-likeness (QED) is 0.892. The molecule has 0 saturated carbocycles. The number of ether oxygens (including phenoxy) is 1. The summed E-state index contributed by atoms with van der Waals surface area (Å²) in [6.45, 7) is 3.27. The minimum absolute atomic E-state index is 0.0820. The lowest BCUT2D eigenvalue weighted by Crippen LogP contribution is -2.56. The van der Waals surface area contributed by atoms with Crippen molar-refractivity contribution in [3.8, 4) is 0 Å². The molecule has 4 rings (SSSR count). The van der Waals surface area contributed by atoms with Gasteiger partial charge in [0.05, 0.1) is 6.10 Å². The van der Waals surface area contributed by atoms with Gasteiger partial charge in [-0.3, -0.25) is 0 Å². The van der Waals surface area contributed by atoms with Gasteiger partial charge in [0.1, 0.15) is 0 Å². The average molecular weight is 300 g/mol. The van der Waals surface area contributed by atoms with Crippen LogP contribution in [0.3, 0.4) is 0 Å². The van der Waals surface area contributed by atoms with Crippen LogP contribution in [-0.2, 0) is 11.2 Å². The summed E-state index contributed by atoms with van der Waals surface area (Å²) in [7, 11) is 3.97. The van der Waals surface area contributed by atoms with Gasteiger partial charge < -0.3 is 19.7 Å². The Morgan fingerprint density at radius 3 is 2.95 bits per heavy atom. The Morgan fingerprint density at radius 2 is 2.23 bits per heavy atom. The fraction of sp³-hybridized carbons (Fsp3) is 0.556. The predicted octanol–water partition coefficient (Wildman–Crippen LogP) is 2.05. The fourth-order valence-electron chi connectivity index (χ4n) is 4.78. The highest BCUT2D eigenvalue weighted by Crippen LogP contribution is 2.46. The van der Waals surface area contributed by atoms with Gasteiger partial charge in [-0.2, -0.15) is 0 Å². The van der Waals surface area contributed by atoms with Crippen LogP contribution in [-0.4, -0.2) is 54.4 Å². The number of piperidine rings is 1. The van der Waals surface area contributed by atoms with Gasteiger partial charge in [-0.15, -0.1) is 0 Å². The van der Waals surface area contributed by atoms with Crippen LogP contribution in [0.5, 0.6) is 0 Å². The molecule has 2 aromatic rings. The molecule has 1 aliphatic heterocycles. The summed E-state index contributed by atoms with van der Waals surface area (Å²) in [4.78, 5) is 5.83. The van der Waals surface area contributed by atoms with E-state index in [2.05, 4.69) is 42.2 Å². The number of aromatic amines is 1. The first-order valence-electron chi connectivity index (χ1n) is 8.09. The number of nitrogens with one attached hydrogen (secondary N) is 1. The molecule has 1 aromatic heterocycles. The van der Waals surface area contributed by atoms with E-state index >= 15 is 0 Å². The molecular formula is C18H24N2O2. The summed E-state index contributed by atoms with van der Waals surface area (Å²) in [6.07, 6.45) is 3.30. The van der Waals surface area contributed by atoms with E-state index < -0.39 is 0 Å². The topological polar surface area (TPSA) is 48.5 Å². The van der Waals surface area contributed by atoms with Crippen LogP contribution >= 0.6 is 0 Å². The molecular weight excluding hydrogens is 276 g/mol. The molecule has 4 heteroatoms. The Balaban J connectivity index is 1.94. The van der Waals surface area contributed by atoms with Crippen LogP contribution in [0.15, 0.2) is 18.3 Å². The molecule has 2 unspecified atom stereocenters. The second kappa shape index (κ2) is 5.08. The van der Waals surface area contributed by atoms with E-state index in [4.69, 9.17) is 4.74 Å². The standard InChI is InChI=1S/C18H24N2O2/c1-10-4-5-13-16-11(7-19-13)6-14-17(15(10)16)18(22-3)12(9-21)8-20(14)2/h4-5,7,12,14,17-19,21H,6,8-9H2,1-3H3/t12-,14?,17+,18?/m1/s1. The minimum atomic E-state index is 0.0820. The first-order chi connectivity index (χ1) is 10.7. The minimum Gasteiger partial charge on any atom is -0.396 e. The van der Waals surface area contributed by atoms with E-state index in [1.165, 1.54) is 27.6 Å². The largest absolute Gasteiger partial charge is 0.396 e. The van der Waals surface area contributed by atoms with E-state index in [1.807, 2.05) is 0 Å². The number of H-pyrrole nitrogens is 1. The zero-order valence-corrected chi connectivity index (χ0v) is 13.5. The SMILES string of the molecule is COC1[C@@H](CO)CN(C)C2Cc3c[nH]c4ccc(C)c(c34)[C@@H]12. The number of likely N-dealkylation sites (N-methyl/N-ethyl adjacent to an activating group) is 1. The molecule has 118 valence electrons. The van der Waals surface area contributed by atoms with Gasteiger partial charge in [0.25, 0.3) is 0 Å². The first kappa shape index (κ1) is 14.2. The molecule has 4 atom stereocenters. The Bertz CT molecular complexity index is 708. The molecule has 4 nitrogen and oxygen atoms in total. The number of likely N-dealkylation sites (tertiary alicyclic amines) is 1. The maximum Gasteiger partial charge on any atom is 0.0717 e. The third-order valence-electron chi connectivity index (χ3n) is 5.78. The van der Waals surface area contributed by atoms with Crippen LogP contribution in [0, 0.1) is 12.8 Å². The Labute approximate surface area is 131 Å². The van der Waals surface area contributed by atoms with Gasteiger partial charge in [0, 0.05) is 55.2 Å². The molecule has 0 amide bonds. The van der Waals surface area contributed by atoms with E-state index in [1.54, 1.807) is 7.11 Å². The van der Waals surface area contributed by atoms with Crippen molar-refractivity contribution in [2.24, 2.45) is 5.92 Å². The van der Waals surface area contributed by atoms with E-state index in [0.29, 0.717) is 12.0 Å². The van der Waals surface area contributed by atoms with Crippen molar-refractivity contribution in [1.82, 2.24) is 9.88 Å². The van der Waals surface area contributed by atoms with E-state index in [0.717, 1.165) is 13.0 Å². The molecule has 1 saturated heterocycles. The number of rotatable bonds is 2. The third-order valence-corrected chi connectivity index (χ3v) is 5.78. The van der Waals surface area contributed by atoms with Crippen LogP contribution in [0.4, 0.5) is 0 Å². The number of aryl methyl sites for hydroxylation is 1. The zero-order valence-electron chi connectivity index (χ0n) is 13.5. The van der Waals surface area contributed by atoms with Gasteiger partial charge >= 0.3 is 0 Å². The van der Waals surface area contributed by atoms with Crippen molar-refractivity contribution >= 4 is 10.9 Å². The van der Waals surface area contributed by atoms with Gasteiger partial charge in [-0.1, -0.05) is 6.07 Å². The highest BCUT2D eigenvalue weighted by molar-refractivity contribution is 5.89. The number of hydrogen-bond donors (Lipinski definition) is 2. The van der Waals surface area contributed by atoms with Gasteiger partial charge in [0.15, 0.2) is 0 Å². The van der Waals surface area contributed by atoms with Crippen molar-refractivity contribution in [3.63, 3.8) is 0 Å². The maximum atomic E-state index is 9.81. The van der Waals surface area contributed by atoms with E-state index in [-0.39, 0.29) is 18.6 Å². The molecule has 1 aromatic carbocycles. The lowest BCUT2D eigenvalue weighted by Gasteiger charge is -2.49. The number of aliphatic hydroxyl groups excluding tert-OH is 1. The van der Waals surface area contributed by atoms with Crippen LogP contribution in [0.1, 0.15) is 22.6 Å². The lowest BCUT2D eigenvalue weighted by atomic mass is 9.69. The molecule has 2 heterocycles. The van der Waals surface area contributed by atoms with Crippen LogP contribution < -0.4 is 0 Å². The number of aliphatic hydroxyl groups is 1. The molecule has 2 aliphatic rings. The highest BCUT2D eigenvalue weighted by Gasteiger charge is 2.46. The Kier molecular flexibility index (Phi) is 3.29. The highest BCUT2D eigenvalue weighted by atomic mass is 16.5. The molecule has 1 fully saturated rings. The van der Waals surface area contributed by atoms with E-state index in [9.17, 15) is 5.11 Å². The number of benzene rings is 1. The van der Waals surface area contributed by atoms with Gasteiger partial charge in [0.2, 0.25) is 0 Å². The summed E-state index contributed by atoms with van der Waals surface area (Å²) in [5, 5.41) is 11.2. The fourth-order valence-corrected chi connectivity index (χ4v) is 4.78. The Hall–Kier alpha value is -1.36. The van der Waals surface area contributed by atoms with Gasteiger partial charge in [-0.25, -0.2) is 0 Å². The normalized spacial score (nSPS) is 31.5. The van der Waals surface area contributed by atoms with Crippen molar-refractivity contribution in [2.75, 3.05) is 27.3 Å². The molecule has 0 radical (unpaired) electrons. The van der Waals surface area contributed by atoms with Gasteiger partial charge in [-0.05, 0) is 43.1 Å². The number of hydrogen-bond acceptors (Lipinski definition) is 3. The second-order valence-electron chi connectivity index (χ2n) is 6.91. The summed E-state index contributed by atoms with van der Waals surface area (Å²) < 4.78 is 5.89. The average Bonchev–Trinajstić information content (AvgIpc) is 2.94. The molecule has 1 aliphatic carbocycles. The number of methoxy groups -OCH3 is 1. The predicted molar refractivity (Wildman–Crippen MR) is 87.3 cm³/mol. The second-order valence-corrected chi connectivity index (χ2v) is 6.91. The molecule has 0 bridgehead atoms. The molecule has 22 heavy (non-hydrogen) atoms. The number of aromatic nitrogens is 1. The maximum absolute atomic E-state index is 9.81.